The number of anilines is 2. The molecule has 2 aromatic rings. The molecule has 4 heteroatoms. The zero-order valence-corrected chi connectivity index (χ0v) is 11.6. The van der Waals surface area contributed by atoms with Gasteiger partial charge in [0.25, 0.3) is 0 Å². The molecule has 0 bridgehead atoms. The van der Waals surface area contributed by atoms with Crippen LogP contribution in [0.1, 0.15) is 5.56 Å². The molecular weight excluding hydrogens is 260 g/mol. The van der Waals surface area contributed by atoms with Crippen molar-refractivity contribution in [1.29, 1.82) is 0 Å². The van der Waals surface area contributed by atoms with Crippen LogP contribution in [0.25, 0.3) is 0 Å². The molecule has 0 amide bonds. The molecule has 0 saturated carbocycles. The van der Waals surface area contributed by atoms with Gasteiger partial charge in [-0.05, 0) is 36.2 Å². The number of nitrogens with one attached hydrogen (secondary N) is 1. The second kappa shape index (κ2) is 6.34. The summed E-state index contributed by atoms with van der Waals surface area (Å²) in [5.41, 5.74) is 8.55. The highest BCUT2D eigenvalue weighted by atomic mass is 35.5. The minimum absolute atomic E-state index is 0.644. The van der Waals surface area contributed by atoms with Crippen molar-refractivity contribution in [2.45, 2.75) is 6.42 Å². The Kier molecular flexibility index (Phi) is 4.53. The minimum atomic E-state index is 0.644. The van der Waals surface area contributed by atoms with E-state index in [4.69, 9.17) is 22.1 Å². The van der Waals surface area contributed by atoms with Gasteiger partial charge < -0.3 is 15.8 Å². The average Bonchev–Trinajstić information content (AvgIpc) is 2.42. The third kappa shape index (κ3) is 3.55. The summed E-state index contributed by atoms with van der Waals surface area (Å²) in [6.45, 7) is 0.765. The summed E-state index contributed by atoms with van der Waals surface area (Å²) in [7, 11) is 1.67. The van der Waals surface area contributed by atoms with Crippen LogP contribution < -0.4 is 15.8 Å². The Bertz CT molecular complexity index is 537. The van der Waals surface area contributed by atoms with Crippen LogP contribution in [0.3, 0.4) is 0 Å². The van der Waals surface area contributed by atoms with Crippen molar-refractivity contribution in [2.24, 2.45) is 0 Å². The van der Waals surface area contributed by atoms with E-state index in [0.29, 0.717) is 10.7 Å². The summed E-state index contributed by atoms with van der Waals surface area (Å²) in [6.07, 6.45) is 0.877. The van der Waals surface area contributed by atoms with Crippen molar-refractivity contribution in [3.05, 3.63) is 53.1 Å². The molecule has 3 nitrogen and oxygen atoms in total. The van der Waals surface area contributed by atoms with E-state index in [1.807, 2.05) is 36.4 Å². The summed E-state index contributed by atoms with van der Waals surface area (Å²) in [4.78, 5) is 0. The summed E-state index contributed by atoms with van der Waals surface area (Å²) in [6, 6.07) is 13.5. The number of benzene rings is 2. The minimum Gasteiger partial charge on any atom is -0.497 e. The van der Waals surface area contributed by atoms with Gasteiger partial charge in [-0.1, -0.05) is 29.8 Å². The van der Waals surface area contributed by atoms with Crippen molar-refractivity contribution < 1.29 is 4.74 Å². The number of rotatable bonds is 5. The van der Waals surface area contributed by atoms with Gasteiger partial charge in [0.15, 0.2) is 0 Å². The highest BCUT2D eigenvalue weighted by molar-refractivity contribution is 6.33. The zero-order valence-electron chi connectivity index (χ0n) is 10.8. The number of ether oxygens (including phenoxy) is 1. The lowest BCUT2D eigenvalue weighted by atomic mass is 10.1. The molecule has 3 N–H and O–H groups in total. The van der Waals surface area contributed by atoms with Gasteiger partial charge in [-0.2, -0.15) is 0 Å². The third-order valence-corrected chi connectivity index (χ3v) is 3.21. The van der Waals surface area contributed by atoms with E-state index in [2.05, 4.69) is 11.4 Å². The van der Waals surface area contributed by atoms with Crippen molar-refractivity contribution in [2.75, 3.05) is 24.7 Å². The van der Waals surface area contributed by atoms with Gasteiger partial charge in [0.05, 0.1) is 23.5 Å². The number of para-hydroxylation sites is 1. The first-order valence-corrected chi connectivity index (χ1v) is 6.49. The molecule has 0 atom stereocenters. The van der Waals surface area contributed by atoms with Gasteiger partial charge >= 0.3 is 0 Å². The van der Waals surface area contributed by atoms with Crippen LogP contribution in [0.5, 0.6) is 5.75 Å². The maximum absolute atomic E-state index is 6.10. The largest absolute Gasteiger partial charge is 0.497 e. The molecule has 0 aliphatic heterocycles. The van der Waals surface area contributed by atoms with Crippen molar-refractivity contribution in [1.82, 2.24) is 0 Å². The maximum atomic E-state index is 6.10. The quantitative estimate of drug-likeness (QED) is 0.821. The molecule has 2 rings (SSSR count). The van der Waals surface area contributed by atoms with Crippen LogP contribution in [0.15, 0.2) is 42.5 Å². The molecule has 19 heavy (non-hydrogen) atoms. The first-order chi connectivity index (χ1) is 9.20. The van der Waals surface area contributed by atoms with Crippen LogP contribution in [-0.4, -0.2) is 13.7 Å². The molecular formula is C15H17ClN2O. The SMILES string of the molecule is COc1cccc(CCNc2c(N)cccc2Cl)c1. The Labute approximate surface area is 118 Å². The number of halogens is 1. The molecule has 100 valence electrons. The van der Waals surface area contributed by atoms with E-state index in [1.54, 1.807) is 7.11 Å². The van der Waals surface area contributed by atoms with Gasteiger partial charge in [-0.15, -0.1) is 0 Å². The van der Waals surface area contributed by atoms with E-state index >= 15 is 0 Å². The monoisotopic (exact) mass is 276 g/mol. The standard InChI is InChI=1S/C15H17ClN2O/c1-19-12-5-2-4-11(10-12)8-9-18-15-13(16)6-3-7-14(15)17/h2-7,10,18H,8-9,17H2,1H3. The summed E-state index contributed by atoms with van der Waals surface area (Å²) >= 11 is 6.10. The number of methoxy groups -OCH3 is 1. The van der Waals surface area contributed by atoms with Gasteiger partial charge in [0.2, 0.25) is 0 Å². The third-order valence-electron chi connectivity index (χ3n) is 2.90. The second-order valence-electron chi connectivity index (χ2n) is 4.23. The van der Waals surface area contributed by atoms with Gasteiger partial charge in [0.1, 0.15) is 5.75 Å². The first kappa shape index (κ1) is 13.6. The molecule has 0 aliphatic rings. The smallest absolute Gasteiger partial charge is 0.119 e. The van der Waals surface area contributed by atoms with E-state index in [-0.39, 0.29) is 0 Å². The molecule has 0 saturated heterocycles. The molecule has 0 aromatic heterocycles. The number of nitrogens with two attached hydrogens (primary N) is 1. The van der Waals surface area contributed by atoms with Crippen LogP contribution in [0.2, 0.25) is 5.02 Å². The van der Waals surface area contributed by atoms with Crippen LogP contribution in [0, 0.1) is 0 Å². The van der Waals surface area contributed by atoms with E-state index in [9.17, 15) is 0 Å². The fourth-order valence-electron chi connectivity index (χ4n) is 1.89. The average molecular weight is 277 g/mol. The molecule has 0 fully saturated rings. The lowest BCUT2D eigenvalue weighted by molar-refractivity contribution is 0.414. The first-order valence-electron chi connectivity index (χ1n) is 6.11. The van der Waals surface area contributed by atoms with Crippen LogP contribution in [-0.2, 0) is 6.42 Å². The Morgan fingerprint density at radius 2 is 2.00 bits per heavy atom. The molecule has 0 heterocycles. The molecule has 0 radical (unpaired) electrons. The lowest BCUT2D eigenvalue weighted by Gasteiger charge is -2.11. The predicted octanol–water partition coefficient (Wildman–Crippen LogP) is 3.59. The van der Waals surface area contributed by atoms with E-state index < -0.39 is 0 Å². The molecule has 2 aromatic carbocycles. The Morgan fingerprint density at radius 3 is 2.74 bits per heavy atom. The Balaban J connectivity index is 1.96. The van der Waals surface area contributed by atoms with Gasteiger partial charge in [0, 0.05) is 6.54 Å². The second-order valence-corrected chi connectivity index (χ2v) is 4.64. The highest BCUT2D eigenvalue weighted by Gasteiger charge is 2.03. The summed E-state index contributed by atoms with van der Waals surface area (Å²) < 4.78 is 5.20. The van der Waals surface area contributed by atoms with Crippen molar-refractivity contribution >= 4 is 23.0 Å². The van der Waals surface area contributed by atoms with Crippen molar-refractivity contribution in [3.63, 3.8) is 0 Å². The topological polar surface area (TPSA) is 47.3 Å². The van der Waals surface area contributed by atoms with Gasteiger partial charge in [-0.3, -0.25) is 0 Å². The van der Waals surface area contributed by atoms with Crippen molar-refractivity contribution in [3.8, 4) is 5.75 Å². The maximum Gasteiger partial charge on any atom is 0.119 e. The number of hydrogen-bond donors (Lipinski definition) is 2. The molecule has 0 aliphatic carbocycles. The molecule has 0 spiro atoms. The number of hydrogen-bond acceptors (Lipinski definition) is 3. The summed E-state index contributed by atoms with van der Waals surface area (Å²) in [5, 5.41) is 3.91. The normalized spacial score (nSPS) is 10.2. The Hall–Kier alpha value is -1.87. The fourth-order valence-corrected chi connectivity index (χ4v) is 2.14. The lowest BCUT2D eigenvalue weighted by Crippen LogP contribution is -2.07. The predicted molar refractivity (Wildman–Crippen MR) is 81.1 cm³/mol. The van der Waals surface area contributed by atoms with Gasteiger partial charge in [-0.25, -0.2) is 0 Å². The van der Waals surface area contributed by atoms with E-state index in [1.165, 1.54) is 5.56 Å². The van der Waals surface area contributed by atoms with Crippen LogP contribution >= 0.6 is 11.6 Å². The highest BCUT2D eigenvalue weighted by Crippen LogP contribution is 2.27. The van der Waals surface area contributed by atoms with E-state index in [0.717, 1.165) is 24.4 Å². The Morgan fingerprint density at radius 1 is 1.21 bits per heavy atom. The number of nitrogen functional groups attached to an aromatic ring is 1. The molecule has 0 unspecified atom stereocenters. The van der Waals surface area contributed by atoms with Crippen LogP contribution in [0.4, 0.5) is 11.4 Å². The zero-order chi connectivity index (χ0) is 13.7. The summed E-state index contributed by atoms with van der Waals surface area (Å²) in [5.74, 6) is 0.870. The fraction of sp³-hybridized carbons (Fsp3) is 0.200.